The van der Waals surface area contributed by atoms with Crippen molar-refractivity contribution >= 4 is 46.6 Å². The number of nitrogens with one attached hydrogen (secondary N) is 5. The monoisotopic (exact) mass is 983 g/mol. The van der Waals surface area contributed by atoms with Crippen molar-refractivity contribution in [2.45, 2.75) is 57.1 Å². The molecular weight excluding hydrogens is 937 g/mol. The molecule has 0 spiro atoms. The lowest BCUT2D eigenvalue weighted by Crippen LogP contribution is -2.52. The van der Waals surface area contributed by atoms with Crippen LogP contribution >= 0.6 is 0 Å². The van der Waals surface area contributed by atoms with Gasteiger partial charge in [0.1, 0.15) is 32.5 Å². The molecule has 9 rings (SSSR count). The van der Waals surface area contributed by atoms with Gasteiger partial charge in [0, 0.05) is 34.9 Å². The Kier molecular flexibility index (Phi) is 13.9. The number of cyclic esters (lactones) is 1. The number of esters is 1. The number of benzene rings is 4. The molecule has 0 radical (unpaired) electrons. The molecule has 3 aliphatic rings. The number of carbonyl (C=O) groups is 6. The molecule has 5 amide bonds. The minimum absolute atomic E-state index is 0.0269. The molecule has 2 atom stereocenters. The van der Waals surface area contributed by atoms with E-state index in [2.05, 4.69) is 31.6 Å². The molecule has 2 aromatic heterocycles. The van der Waals surface area contributed by atoms with Gasteiger partial charge < -0.3 is 50.5 Å². The molecule has 0 fully saturated rings. The zero-order chi connectivity index (χ0) is 50.7. The van der Waals surface area contributed by atoms with E-state index in [1.807, 2.05) is 48.5 Å². The summed E-state index contributed by atoms with van der Waals surface area (Å²) in [6.45, 7) is -1.08. The lowest BCUT2D eigenvalue weighted by atomic mass is 9.86. The summed E-state index contributed by atoms with van der Waals surface area (Å²) in [5, 5.41) is 23.8. The normalized spacial score (nSPS) is 15.5. The van der Waals surface area contributed by atoms with Gasteiger partial charge in [0.2, 0.25) is 23.6 Å². The summed E-state index contributed by atoms with van der Waals surface area (Å²) in [7, 11) is 0. The number of aliphatic hydroxyl groups is 1. The quantitative estimate of drug-likeness (QED) is 0.0437. The Labute approximate surface area is 409 Å². The lowest BCUT2D eigenvalue weighted by molar-refractivity contribution is -0.172. The molecule has 1 aliphatic carbocycles. The molecule has 72 heavy (non-hydrogen) atoms. The number of ether oxygens (including phenoxy) is 3. The number of aromatic nitrogens is 2. The summed E-state index contributed by atoms with van der Waals surface area (Å²) in [6.07, 6.45) is -0.875. The summed E-state index contributed by atoms with van der Waals surface area (Å²) in [5.74, 6) is -6.24. The van der Waals surface area contributed by atoms with Gasteiger partial charge in [-0.05, 0) is 51.9 Å². The fourth-order valence-electron chi connectivity index (χ4n) is 9.31. The Hall–Kier alpha value is -8.36. The molecular formula is C52H47F2N7O11. The molecule has 6 N–H and O–H groups in total. The highest BCUT2D eigenvalue weighted by Crippen LogP contribution is 2.45. The van der Waals surface area contributed by atoms with Crippen LogP contribution < -0.4 is 32.1 Å². The van der Waals surface area contributed by atoms with Gasteiger partial charge in [-0.15, -0.1) is 0 Å². The third-order valence-electron chi connectivity index (χ3n) is 13.0. The molecule has 2 aliphatic heterocycles. The van der Waals surface area contributed by atoms with Crippen molar-refractivity contribution in [3.05, 3.63) is 158 Å². The van der Waals surface area contributed by atoms with Gasteiger partial charge in [0.15, 0.2) is 17.2 Å². The summed E-state index contributed by atoms with van der Waals surface area (Å²) in [4.78, 5) is 95.7. The summed E-state index contributed by atoms with van der Waals surface area (Å²) >= 11 is 0. The van der Waals surface area contributed by atoms with E-state index >= 15 is 0 Å². The highest BCUT2D eigenvalue weighted by Gasteiger charge is 2.45. The van der Waals surface area contributed by atoms with Crippen molar-refractivity contribution in [2.75, 3.05) is 33.0 Å². The van der Waals surface area contributed by atoms with Crippen LogP contribution in [0.1, 0.15) is 58.2 Å². The molecule has 0 bridgehead atoms. The molecule has 18 nitrogen and oxygen atoms in total. The summed E-state index contributed by atoms with van der Waals surface area (Å²) < 4.78 is 47.0. The van der Waals surface area contributed by atoms with E-state index < -0.39 is 90.9 Å². The molecule has 4 aromatic carbocycles. The number of nitrogens with zero attached hydrogens (tertiary/aromatic N) is 2. The first kappa shape index (κ1) is 48.7. The number of alkyl carbamates (subject to hydrolysis) is 1. The topological polar surface area (TPSA) is 245 Å². The molecule has 370 valence electrons. The van der Waals surface area contributed by atoms with Crippen molar-refractivity contribution < 1.29 is 56.9 Å². The number of hydrogen-bond acceptors (Lipinski definition) is 12. The van der Waals surface area contributed by atoms with E-state index in [0.717, 1.165) is 34.4 Å². The summed E-state index contributed by atoms with van der Waals surface area (Å²) in [6, 6.07) is 26.6. The zero-order valence-electron chi connectivity index (χ0n) is 38.6. The first-order valence-electron chi connectivity index (χ1n) is 23.0. The van der Waals surface area contributed by atoms with Gasteiger partial charge in [-0.25, -0.2) is 23.4 Å². The molecule has 0 saturated carbocycles. The third kappa shape index (κ3) is 9.73. The Morgan fingerprint density at radius 1 is 0.819 bits per heavy atom. The highest BCUT2D eigenvalue weighted by atomic mass is 19.2. The molecule has 0 unspecified atom stereocenters. The third-order valence-corrected chi connectivity index (χ3v) is 13.0. The van der Waals surface area contributed by atoms with Crippen LogP contribution in [0.25, 0.3) is 33.4 Å². The van der Waals surface area contributed by atoms with Crippen molar-refractivity contribution in [3.8, 4) is 22.5 Å². The van der Waals surface area contributed by atoms with Crippen LogP contribution in [-0.2, 0) is 70.0 Å². The summed E-state index contributed by atoms with van der Waals surface area (Å²) in [5.41, 5.74) is 3.64. The average molecular weight is 984 g/mol. The Morgan fingerprint density at radius 3 is 2.19 bits per heavy atom. The van der Waals surface area contributed by atoms with Crippen LogP contribution in [0.5, 0.6) is 0 Å². The second-order valence-electron chi connectivity index (χ2n) is 17.4. The van der Waals surface area contributed by atoms with Crippen LogP contribution in [0, 0.1) is 11.6 Å². The van der Waals surface area contributed by atoms with Gasteiger partial charge in [0.05, 0.1) is 48.7 Å². The van der Waals surface area contributed by atoms with Crippen molar-refractivity contribution in [1.82, 2.24) is 36.1 Å². The maximum atomic E-state index is 14.7. The van der Waals surface area contributed by atoms with Crippen LogP contribution in [0.3, 0.4) is 0 Å². The van der Waals surface area contributed by atoms with E-state index in [4.69, 9.17) is 14.2 Å². The van der Waals surface area contributed by atoms with E-state index in [9.17, 15) is 47.4 Å². The number of halogens is 2. The van der Waals surface area contributed by atoms with E-state index in [0.29, 0.717) is 16.7 Å². The Bertz CT molecular complexity index is 3200. The Balaban J connectivity index is 0.772. The highest BCUT2D eigenvalue weighted by molar-refractivity contribution is 5.93. The van der Waals surface area contributed by atoms with Gasteiger partial charge >= 0.3 is 12.1 Å². The number of rotatable bonds is 17. The number of fused-ring (bicyclic) bond motifs is 8. The van der Waals surface area contributed by atoms with Crippen molar-refractivity contribution in [3.63, 3.8) is 0 Å². The SMILES string of the molecule is CC[C@@]1(O)C(=O)OCc2c1cc1n(c2=O)Cc2c-1nc1cc(F)c(F)cc1c2COCNC(=O)CNC(=O)[C@H](Cc1ccccc1)NC(=O)CNC(=O)CNC(=O)OCC1c2ccccc2-c2ccccc21. The maximum absolute atomic E-state index is 14.7. The van der Waals surface area contributed by atoms with Crippen LogP contribution in [0.15, 0.2) is 102 Å². The van der Waals surface area contributed by atoms with E-state index in [-0.39, 0.29) is 78.5 Å². The molecule has 20 heteroatoms. The minimum Gasteiger partial charge on any atom is -0.458 e. The number of pyridine rings is 2. The van der Waals surface area contributed by atoms with Gasteiger partial charge in [-0.1, -0.05) is 85.8 Å². The number of carbonyl (C=O) groups excluding carboxylic acids is 6. The second-order valence-corrected chi connectivity index (χ2v) is 17.4. The standard InChI is InChI=1S/C52H47F2N7O11/c1-2-52(69)38-18-43-47-34(23-61(43)49(66)37(38)26-71-50(52)67)35(33-17-39(53)40(54)19-41(33)60-47)24-70-27-58-45(63)20-56-48(65)42(16-28-10-4-3-5-11-28)59-46(64)22-55-44(62)21-57-51(68)72-25-36-31-14-8-6-12-29(31)30-13-7-9-15-32(30)36/h3-15,17-19,36,42,69H,2,16,20-27H2,1H3,(H,55,62)(H,56,65)(H,57,68)(H,58,63)(H,59,64)/t42-,52-/m0/s1. The van der Waals surface area contributed by atoms with Crippen molar-refractivity contribution in [1.29, 1.82) is 0 Å². The van der Waals surface area contributed by atoms with E-state index in [1.54, 1.807) is 37.3 Å². The molecule has 4 heterocycles. The largest absolute Gasteiger partial charge is 0.458 e. The average Bonchev–Trinajstić information content (AvgIpc) is 3.92. The fourth-order valence-corrected chi connectivity index (χ4v) is 9.31. The second kappa shape index (κ2) is 20.5. The predicted octanol–water partition coefficient (Wildman–Crippen LogP) is 3.45. The van der Waals surface area contributed by atoms with Crippen LogP contribution in [0.4, 0.5) is 13.6 Å². The first-order chi connectivity index (χ1) is 34.7. The number of amides is 5. The fraction of sp³-hybridized carbons (Fsp3) is 0.269. The zero-order valence-corrected chi connectivity index (χ0v) is 38.6. The Morgan fingerprint density at radius 2 is 1.47 bits per heavy atom. The van der Waals surface area contributed by atoms with Gasteiger partial charge in [0.25, 0.3) is 5.56 Å². The van der Waals surface area contributed by atoms with Crippen LogP contribution in [-0.4, -0.2) is 89.4 Å². The molecule has 0 saturated heterocycles. The smallest absolute Gasteiger partial charge is 0.407 e. The van der Waals surface area contributed by atoms with Gasteiger partial charge in [-0.3, -0.25) is 24.0 Å². The lowest BCUT2D eigenvalue weighted by Gasteiger charge is -2.31. The predicted molar refractivity (Wildman–Crippen MR) is 253 cm³/mol. The maximum Gasteiger partial charge on any atom is 0.407 e. The van der Waals surface area contributed by atoms with Crippen molar-refractivity contribution in [2.24, 2.45) is 0 Å². The molecule has 6 aromatic rings. The van der Waals surface area contributed by atoms with Gasteiger partial charge in [-0.2, -0.15) is 0 Å². The van der Waals surface area contributed by atoms with E-state index in [1.165, 1.54) is 10.6 Å². The minimum atomic E-state index is -2.09. The van der Waals surface area contributed by atoms with Crippen LogP contribution in [0.2, 0.25) is 0 Å². The number of hydrogen-bond donors (Lipinski definition) is 6. The first-order valence-corrected chi connectivity index (χ1v) is 23.0.